The summed E-state index contributed by atoms with van der Waals surface area (Å²) in [6, 6.07) is 25.6. The van der Waals surface area contributed by atoms with Crippen molar-refractivity contribution in [3.63, 3.8) is 0 Å². The number of hydrogen-bond acceptors (Lipinski definition) is 1. The van der Waals surface area contributed by atoms with Crippen LogP contribution in [0.15, 0.2) is 72.8 Å². The van der Waals surface area contributed by atoms with Crippen molar-refractivity contribution in [2.75, 3.05) is 7.11 Å². The first-order valence-corrected chi connectivity index (χ1v) is 9.25. The molecular weight excluding hydrogens is 260 g/mol. The van der Waals surface area contributed by atoms with Gasteiger partial charge in [-0.25, -0.2) is 0 Å². The van der Waals surface area contributed by atoms with Crippen LogP contribution in [0.2, 0.25) is 6.55 Å². The van der Waals surface area contributed by atoms with Crippen molar-refractivity contribution in [1.29, 1.82) is 0 Å². The Morgan fingerprint density at radius 1 is 0.750 bits per heavy atom. The zero-order valence-corrected chi connectivity index (χ0v) is 12.8. The van der Waals surface area contributed by atoms with Crippen LogP contribution in [0.3, 0.4) is 0 Å². The summed E-state index contributed by atoms with van der Waals surface area (Å²) in [6.07, 6.45) is 0. The molecule has 0 saturated heterocycles. The Bertz CT molecular complexity index is 718. The van der Waals surface area contributed by atoms with E-state index in [1.54, 1.807) is 0 Å². The van der Waals surface area contributed by atoms with Crippen molar-refractivity contribution in [2.45, 2.75) is 6.55 Å². The van der Waals surface area contributed by atoms with Gasteiger partial charge in [0.25, 0.3) is 0 Å². The van der Waals surface area contributed by atoms with E-state index in [9.17, 15) is 0 Å². The van der Waals surface area contributed by atoms with Gasteiger partial charge < -0.3 is 4.43 Å². The first-order chi connectivity index (χ1) is 9.75. The normalized spacial score (nSPS) is 14.1. The summed E-state index contributed by atoms with van der Waals surface area (Å²) in [4.78, 5) is 0. The highest BCUT2D eigenvalue weighted by Gasteiger charge is 2.20. The lowest BCUT2D eigenvalue weighted by molar-refractivity contribution is 0.422. The molecule has 20 heavy (non-hydrogen) atoms. The quantitative estimate of drug-likeness (QED) is 0.669. The fourth-order valence-electron chi connectivity index (χ4n) is 2.78. The molecule has 0 aromatic heterocycles. The van der Waals surface area contributed by atoms with Crippen LogP contribution < -0.4 is 10.4 Å². The second-order valence-corrected chi connectivity index (χ2v) is 8.72. The lowest BCUT2D eigenvalue weighted by atomic mass is 10.1. The van der Waals surface area contributed by atoms with Gasteiger partial charge in [0.05, 0.1) is 0 Å². The van der Waals surface area contributed by atoms with Crippen LogP contribution in [0.25, 0.3) is 10.8 Å². The highest BCUT2D eigenvalue weighted by Crippen LogP contribution is 2.16. The fraction of sp³-hybridized carbons (Fsp3) is 0.111. The van der Waals surface area contributed by atoms with Gasteiger partial charge in [0.1, 0.15) is 0 Å². The van der Waals surface area contributed by atoms with Gasteiger partial charge >= 0.3 is 0 Å². The van der Waals surface area contributed by atoms with Crippen LogP contribution in [0.4, 0.5) is 0 Å². The smallest absolute Gasteiger partial charge is 0.0430 e. The van der Waals surface area contributed by atoms with E-state index in [1.165, 1.54) is 21.1 Å². The van der Waals surface area contributed by atoms with E-state index in [0.717, 1.165) is 0 Å². The molecule has 0 fully saturated rings. The Hall–Kier alpha value is -1.90. The minimum Gasteiger partial charge on any atom is -0.561 e. The van der Waals surface area contributed by atoms with Crippen LogP contribution in [0.5, 0.6) is 0 Å². The van der Waals surface area contributed by atoms with Crippen molar-refractivity contribution in [3.8, 4) is 0 Å². The molecule has 0 heterocycles. The number of benzene rings is 3. The van der Waals surface area contributed by atoms with Gasteiger partial charge in [-0.2, -0.15) is 5.19 Å². The fourth-order valence-corrected chi connectivity index (χ4v) is 5.53. The summed E-state index contributed by atoms with van der Waals surface area (Å²) in [7, 11) is -0.306. The first kappa shape index (κ1) is 13.1. The van der Waals surface area contributed by atoms with Crippen molar-refractivity contribution < 1.29 is 4.43 Å². The summed E-state index contributed by atoms with van der Waals surface area (Å²) < 4.78 is 6.06. The third-order valence-electron chi connectivity index (χ3n) is 4.04. The predicted molar refractivity (Wildman–Crippen MR) is 88.3 cm³/mol. The minimum absolute atomic E-state index is 1.27. The summed E-state index contributed by atoms with van der Waals surface area (Å²) in [5, 5.41) is 5.22. The highest BCUT2D eigenvalue weighted by atomic mass is 28.4. The van der Waals surface area contributed by atoms with Gasteiger partial charge in [-0.3, -0.25) is 0 Å². The van der Waals surface area contributed by atoms with E-state index in [4.69, 9.17) is 4.43 Å². The maximum atomic E-state index is 6.06. The van der Waals surface area contributed by atoms with E-state index >= 15 is 0 Å². The standard InChI is InChI=1S/C18H18OSi/c1-19-20(2,16-11-4-3-5-12-16)18-14-8-10-15-9-6-7-13-17(15)18/h3-14H,1-2H3/q-1. The molecule has 3 rings (SSSR count). The zero-order valence-electron chi connectivity index (χ0n) is 11.8. The Balaban J connectivity index is 2.27. The lowest BCUT2D eigenvalue weighted by Gasteiger charge is -2.41. The summed E-state index contributed by atoms with van der Waals surface area (Å²) in [5.74, 6) is 0. The topological polar surface area (TPSA) is 9.23 Å². The summed E-state index contributed by atoms with van der Waals surface area (Å²) in [6.45, 7) is 2.27. The molecule has 0 saturated carbocycles. The van der Waals surface area contributed by atoms with Crippen molar-refractivity contribution in [2.24, 2.45) is 0 Å². The van der Waals surface area contributed by atoms with Crippen LogP contribution >= 0.6 is 0 Å². The van der Waals surface area contributed by atoms with E-state index in [-0.39, 0.29) is 0 Å². The third-order valence-corrected chi connectivity index (χ3v) is 7.75. The summed E-state index contributed by atoms with van der Waals surface area (Å²) in [5.41, 5.74) is 0. The molecule has 0 aliphatic heterocycles. The molecule has 2 heteroatoms. The average Bonchev–Trinajstić information content (AvgIpc) is 2.54. The number of fused-ring (bicyclic) bond motifs is 1. The van der Waals surface area contributed by atoms with Gasteiger partial charge in [-0.05, 0) is 17.9 Å². The van der Waals surface area contributed by atoms with E-state index in [1.807, 2.05) is 7.11 Å². The van der Waals surface area contributed by atoms with Crippen LogP contribution in [-0.4, -0.2) is 15.4 Å². The second-order valence-electron chi connectivity index (χ2n) is 5.13. The minimum atomic E-state index is -2.14. The SMILES string of the molecule is CO[Si-](C)(c1ccccc1)c1cccc2ccccc12. The number of rotatable bonds is 3. The molecule has 0 amide bonds. The lowest BCUT2D eigenvalue weighted by Crippen LogP contribution is -2.57. The third kappa shape index (κ3) is 2.07. The Kier molecular flexibility index (Phi) is 3.43. The molecule has 0 radical (unpaired) electrons. The largest absolute Gasteiger partial charge is 0.561 e. The summed E-state index contributed by atoms with van der Waals surface area (Å²) >= 11 is 0. The van der Waals surface area contributed by atoms with Crippen LogP contribution in [-0.2, 0) is 4.43 Å². The maximum Gasteiger partial charge on any atom is 0.0430 e. The van der Waals surface area contributed by atoms with Gasteiger partial charge in [0.2, 0.25) is 0 Å². The van der Waals surface area contributed by atoms with Gasteiger partial charge in [-0.1, -0.05) is 72.8 Å². The van der Waals surface area contributed by atoms with Crippen molar-refractivity contribution in [1.82, 2.24) is 0 Å². The molecule has 0 aliphatic rings. The highest BCUT2D eigenvalue weighted by molar-refractivity contribution is 6.97. The van der Waals surface area contributed by atoms with E-state index < -0.39 is 8.32 Å². The monoisotopic (exact) mass is 278 g/mol. The molecule has 0 spiro atoms. The molecule has 1 nitrogen and oxygen atoms in total. The number of hydrogen-bond donors (Lipinski definition) is 0. The van der Waals surface area contributed by atoms with Crippen molar-refractivity contribution in [3.05, 3.63) is 72.8 Å². The Morgan fingerprint density at radius 3 is 2.15 bits per heavy atom. The molecular formula is C18H18OSi-. The zero-order chi connectivity index (χ0) is 14.0. The second kappa shape index (κ2) is 5.23. The molecule has 0 bridgehead atoms. The first-order valence-electron chi connectivity index (χ1n) is 6.84. The molecule has 3 aromatic carbocycles. The molecule has 1 unspecified atom stereocenters. The predicted octanol–water partition coefficient (Wildman–Crippen LogP) is 3.18. The van der Waals surface area contributed by atoms with Crippen LogP contribution in [0.1, 0.15) is 0 Å². The molecule has 3 aromatic rings. The molecule has 1 atom stereocenters. The molecule has 0 N–H and O–H groups in total. The molecule has 0 aliphatic carbocycles. The van der Waals surface area contributed by atoms with Gasteiger partial charge in [0.15, 0.2) is 0 Å². The van der Waals surface area contributed by atoms with Gasteiger partial charge in [-0.15, -0.1) is 11.7 Å². The van der Waals surface area contributed by atoms with Crippen molar-refractivity contribution >= 4 is 29.5 Å². The Morgan fingerprint density at radius 2 is 1.40 bits per heavy atom. The van der Waals surface area contributed by atoms with E-state index in [2.05, 4.69) is 79.3 Å². The van der Waals surface area contributed by atoms with E-state index in [0.29, 0.717) is 0 Å². The maximum absolute atomic E-state index is 6.06. The molecule has 101 valence electrons. The Labute approximate surface area is 121 Å². The average molecular weight is 278 g/mol. The van der Waals surface area contributed by atoms with Gasteiger partial charge in [0, 0.05) is 8.32 Å². The van der Waals surface area contributed by atoms with Crippen LogP contribution in [0, 0.1) is 0 Å².